The number of nitrogens with two attached hydrogens (primary N) is 1. The molecule has 1 heterocycles. The van der Waals surface area contributed by atoms with Crippen molar-refractivity contribution in [2.75, 3.05) is 26.7 Å². The van der Waals surface area contributed by atoms with Crippen LogP contribution in [0.2, 0.25) is 0 Å². The molecule has 0 aromatic heterocycles. The van der Waals surface area contributed by atoms with Gasteiger partial charge in [0.1, 0.15) is 5.41 Å². The number of hydrogen-bond acceptors (Lipinski definition) is 4. The van der Waals surface area contributed by atoms with E-state index in [1.807, 2.05) is 0 Å². The summed E-state index contributed by atoms with van der Waals surface area (Å²) in [7, 11) is 2.10. The minimum Gasteiger partial charge on any atom is -0.409 e. The quantitative estimate of drug-likeness (QED) is 0.238. The number of amides is 1. The van der Waals surface area contributed by atoms with E-state index < -0.39 is 5.41 Å². The Bertz CT molecular complexity index is 389. The van der Waals surface area contributed by atoms with Gasteiger partial charge in [0.15, 0.2) is 5.84 Å². The molecule has 6 nitrogen and oxygen atoms in total. The summed E-state index contributed by atoms with van der Waals surface area (Å²) in [5.74, 6) is 0.522. The molecule has 0 spiro atoms. The second kappa shape index (κ2) is 7.11. The van der Waals surface area contributed by atoms with Gasteiger partial charge in [-0.3, -0.25) is 4.79 Å². The molecule has 0 bridgehead atoms. The van der Waals surface area contributed by atoms with Crippen LogP contribution in [-0.4, -0.2) is 48.5 Å². The standard InChI is InChI=1S/C15H28N4O2/c1-19-9-6-12(11-19)10-17-14(20)15(13(16)18-21)7-4-2-3-5-8-15/h12,21H,2-11H2,1H3,(H2,16,18)(H,17,20). The van der Waals surface area contributed by atoms with Crippen molar-refractivity contribution in [2.45, 2.75) is 44.9 Å². The number of nitrogens with one attached hydrogen (secondary N) is 1. The van der Waals surface area contributed by atoms with Gasteiger partial charge in [-0.25, -0.2) is 0 Å². The topological polar surface area (TPSA) is 91.0 Å². The van der Waals surface area contributed by atoms with E-state index in [4.69, 9.17) is 10.9 Å². The highest BCUT2D eigenvalue weighted by Crippen LogP contribution is 2.35. The van der Waals surface area contributed by atoms with Crippen LogP contribution in [0.15, 0.2) is 5.16 Å². The van der Waals surface area contributed by atoms with E-state index in [0.717, 1.165) is 45.2 Å². The highest BCUT2D eigenvalue weighted by atomic mass is 16.4. The summed E-state index contributed by atoms with van der Waals surface area (Å²) in [5.41, 5.74) is 5.08. The first-order chi connectivity index (χ1) is 10.1. The van der Waals surface area contributed by atoms with Crippen LogP contribution < -0.4 is 11.1 Å². The third-order valence-corrected chi connectivity index (χ3v) is 5.03. The molecule has 1 saturated heterocycles. The Labute approximate surface area is 126 Å². The van der Waals surface area contributed by atoms with E-state index in [-0.39, 0.29) is 11.7 Å². The van der Waals surface area contributed by atoms with E-state index in [0.29, 0.717) is 25.3 Å². The van der Waals surface area contributed by atoms with Crippen LogP contribution in [0, 0.1) is 11.3 Å². The van der Waals surface area contributed by atoms with E-state index in [1.54, 1.807) is 0 Å². The molecular weight excluding hydrogens is 268 g/mol. The predicted molar refractivity (Wildman–Crippen MR) is 82.2 cm³/mol. The zero-order chi connectivity index (χ0) is 15.3. The molecule has 6 heteroatoms. The molecule has 2 rings (SSSR count). The monoisotopic (exact) mass is 296 g/mol. The lowest BCUT2D eigenvalue weighted by Crippen LogP contribution is -2.50. The van der Waals surface area contributed by atoms with Crippen molar-refractivity contribution in [1.29, 1.82) is 0 Å². The van der Waals surface area contributed by atoms with Crippen molar-refractivity contribution < 1.29 is 10.0 Å². The normalized spacial score (nSPS) is 27.3. The minimum atomic E-state index is -0.810. The van der Waals surface area contributed by atoms with Gasteiger partial charge in [0.2, 0.25) is 5.91 Å². The zero-order valence-electron chi connectivity index (χ0n) is 13.0. The summed E-state index contributed by atoms with van der Waals surface area (Å²) in [6, 6.07) is 0. The fourth-order valence-corrected chi connectivity index (χ4v) is 3.63. The molecule has 0 aromatic carbocycles. The molecule has 1 atom stereocenters. The lowest BCUT2D eigenvalue weighted by Gasteiger charge is -2.30. The molecule has 1 amide bonds. The van der Waals surface area contributed by atoms with Gasteiger partial charge in [-0.05, 0) is 38.8 Å². The first-order valence-corrected chi connectivity index (χ1v) is 8.03. The summed E-state index contributed by atoms with van der Waals surface area (Å²) in [4.78, 5) is 15.0. The minimum absolute atomic E-state index is 0.0609. The van der Waals surface area contributed by atoms with E-state index in [9.17, 15) is 4.79 Å². The van der Waals surface area contributed by atoms with Crippen LogP contribution in [0.5, 0.6) is 0 Å². The molecule has 1 aliphatic heterocycles. The highest BCUT2D eigenvalue weighted by Gasteiger charge is 2.43. The lowest BCUT2D eigenvalue weighted by atomic mass is 9.78. The Kier molecular flexibility index (Phi) is 5.45. The summed E-state index contributed by atoms with van der Waals surface area (Å²) in [6.45, 7) is 2.80. The molecule has 1 aliphatic carbocycles. The number of carbonyl (C=O) groups excluding carboxylic acids is 1. The maximum Gasteiger partial charge on any atom is 0.233 e. The Morgan fingerprint density at radius 3 is 2.57 bits per heavy atom. The van der Waals surface area contributed by atoms with Crippen LogP contribution in [0.25, 0.3) is 0 Å². The summed E-state index contributed by atoms with van der Waals surface area (Å²) in [5, 5.41) is 15.3. The Morgan fingerprint density at radius 2 is 2.05 bits per heavy atom. The van der Waals surface area contributed by atoms with Gasteiger partial charge in [-0.2, -0.15) is 0 Å². The number of likely N-dealkylation sites (tertiary alicyclic amines) is 1. The van der Waals surface area contributed by atoms with Crippen LogP contribution in [0.4, 0.5) is 0 Å². The average Bonchev–Trinajstić information content (AvgIpc) is 2.76. The number of hydrogen-bond donors (Lipinski definition) is 3. The smallest absolute Gasteiger partial charge is 0.233 e. The van der Waals surface area contributed by atoms with Gasteiger partial charge in [0.25, 0.3) is 0 Å². The van der Waals surface area contributed by atoms with Crippen molar-refractivity contribution in [3.63, 3.8) is 0 Å². The Morgan fingerprint density at radius 1 is 1.38 bits per heavy atom. The molecule has 4 N–H and O–H groups in total. The lowest BCUT2D eigenvalue weighted by molar-refractivity contribution is -0.128. The van der Waals surface area contributed by atoms with Crippen molar-refractivity contribution in [1.82, 2.24) is 10.2 Å². The second-order valence-corrected chi connectivity index (χ2v) is 6.61. The van der Waals surface area contributed by atoms with Crippen LogP contribution >= 0.6 is 0 Å². The van der Waals surface area contributed by atoms with Crippen molar-refractivity contribution >= 4 is 11.7 Å². The number of oxime groups is 1. The van der Waals surface area contributed by atoms with Crippen molar-refractivity contribution in [3.05, 3.63) is 0 Å². The van der Waals surface area contributed by atoms with Crippen molar-refractivity contribution in [3.8, 4) is 0 Å². The molecule has 21 heavy (non-hydrogen) atoms. The van der Waals surface area contributed by atoms with E-state index >= 15 is 0 Å². The third-order valence-electron chi connectivity index (χ3n) is 5.03. The molecule has 2 fully saturated rings. The Balaban J connectivity index is 2.00. The number of carbonyl (C=O) groups is 1. The van der Waals surface area contributed by atoms with Gasteiger partial charge in [0.05, 0.1) is 0 Å². The van der Waals surface area contributed by atoms with Crippen LogP contribution in [-0.2, 0) is 4.79 Å². The fraction of sp³-hybridized carbons (Fsp3) is 0.867. The number of rotatable bonds is 4. The summed E-state index contributed by atoms with van der Waals surface area (Å²) >= 11 is 0. The number of nitrogens with zero attached hydrogens (tertiary/aromatic N) is 2. The number of amidine groups is 1. The highest BCUT2D eigenvalue weighted by molar-refractivity contribution is 6.06. The van der Waals surface area contributed by atoms with Gasteiger partial charge < -0.3 is 21.2 Å². The Hall–Kier alpha value is -1.30. The molecular formula is C15H28N4O2. The maximum atomic E-state index is 12.7. The zero-order valence-corrected chi connectivity index (χ0v) is 13.0. The largest absolute Gasteiger partial charge is 0.409 e. The average molecular weight is 296 g/mol. The second-order valence-electron chi connectivity index (χ2n) is 6.61. The molecule has 1 unspecified atom stereocenters. The molecule has 120 valence electrons. The summed E-state index contributed by atoms with van der Waals surface area (Å²) < 4.78 is 0. The van der Waals surface area contributed by atoms with Crippen molar-refractivity contribution in [2.24, 2.45) is 22.2 Å². The van der Waals surface area contributed by atoms with Gasteiger partial charge in [0, 0.05) is 13.1 Å². The van der Waals surface area contributed by atoms with Crippen LogP contribution in [0.1, 0.15) is 44.9 Å². The van der Waals surface area contributed by atoms with E-state index in [1.165, 1.54) is 0 Å². The van der Waals surface area contributed by atoms with Gasteiger partial charge >= 0.3 is 0 Å². The first-order valence-electron chi connectivity index (χ1n) is 8.03. The fourth-order valence-electron chi connectivity index (χ4n) is 3.63. The SMILES string of the molecule is CN1CCC(CNC(=O)C2(C(N)=NO)CCCCCC2)C1. The van der Waals surface area contributed by atoms with Gasteiger partial charge in [-0.1, -0.05) is 30.8 Å². The first kappa shape index (κ1) is 16.1. The molecule has 2 aliphatic rings. The summed E-state index contributed by atoms with van der Waals surface area (Å²) in [6.07, 6.45) is 6.61. The maximum absolute atomic E-state index is 12.7. The van der Waals surface area contributed by atoms with E-state index in [2.05, 4.69) is 22.4 Å². The molecule has 0 radical (unpaired) electrons. The van der Waals surface area contributed by atoms with Crippen LogP contribution in [0.3, 0.4) is 0 Å². The molecule has 0 aromatic rings. The third kappa shape index (κ3) is 3.67. The van der Waals surface area contributed by atoms with Gasteiger partial charge in [-0.15, -0.1) is 0 Å². The molecule has 1 saturated carbocycles. The predicted octanol–water partition coefficient (Wildman–Crippen LogP) is 1.14.